The van der Waals surface area contributed by atoms with Gasteiger partial charge in [0, 0.05) is 23.9 Å². The van der Waals surface area contributed by atoms with E-state index < -0.39 is 18.0 Å². The minimum Gasteiger partial charge on any atom is -0.477 e. The number of hydrogen-bond acceptors (Lipinski definition) is 7. The highest BCUT2D eigenvalue weighted by molar-refractivity contribution is 8.23. The quantitative estimate of drug-likeness (QED) is 0.466. The number of likely N-dealkylation sites (tertiary alicyclic amines) is 1. The Kier molecular flexibility index (Phi) is 6.32. The number of Topliss-reactive ketones (excluding diaryl/α,β-unsaturated/α-hetero) is 1. The van der Waals surface area contributed by atoms with Gasteiger partial charge in [0.2, 0.25) is 5.91 Å². The average Bonchev–Trinajstić information content (AvgIpc) is 3.34. The van der Waals surface area contributed by atoms with Gasteiger partial charge in [0.1, 0.15) is 5.37 Å². The zero-order valence-corrected chi connectivity index (χ0v) is 20.1. The third kappa shape index (κ3) is 3.92. The van der Waals surface area contributed by atoms with Gasteiger partial charge in [-0.3, -0.25) is 19.4 Å². The first-order valence-electron chi connectivity index (χ1n) is 11.6. The molecular weight excluding hydrogens is 460 g/mol. The van der Waals surface area contributed by atoms with Crippen molar-refractivity contribution in [1.82, 2.24) is 9.80 Å². The number of carboxylic acid groups (broad SMARTS) is 1. The number of fused-ring (bicyclic) bond motifs is 2. The standard InChI is InChI=1S/C24H28N2O5S2/c1-2-17(27)18-21(29)26-19(23(30)31)24(33-22(18)26)32-14-10-11-25(12-14)16-9-5-7-13-6-3-4-8-15(13)20(16)28/h3-4,6,8,14,16-18,22,27H,2,5,7,9-12H2,1H3,(H,30,31)/t14-,16?,17-,18+,22+/m0/s1. The topological polar surface area (TPSA) is 98.2 Å². The number of carbonyl (C=O) groups is 3. The number of benzene rings is 1. The summed E-state index contributed by atoms with van der Waals surface area (Å²) in [5, 5.41) is 19.8. The van der Waals surface area contributed by atoms with E-state index in [-0.39, 0.29) is 34.1 Å². The zero-order valence-electron chi connectivity index (χ0n) is 18.5. The van der Waals surface area contributed by atoms with Crippen LogP contribution in [0.4, 0.5) is 0 Å². The van der Waals surface area contributed by atoms with Gasteiger partial charge >= 0.3 is 5.97 Å². The summed E-state index contributed by atoms with van der Waals surface area (Å²) in [5.41, 5.74) is 2.02. The van der Waals surface area contributed by atoms with Crippen LogP contribution in [0.3, 0.4) is 0 Å². The molecule has 1 amide bonds. The van der Waals surface area contributed by atoms with E-state index in [1.165, 1.54) is 28.4 Å². The van der Waals surface area contributed by atoms with E-state index >= 15 is 0 Å². The molecule has 5 atom stereocenters. The number of β-lactam (4-membered cyclic amide) rings is 1. The average molecular weight is 489 g/mol. The lowest BCUT2D eigenvalue weighted by Crippen LogP contribution is -2.61. The van der Waals surface area contributed by atoms with Gasteiger partial charge in [0.05, 0.1) is 22.3 Å². The fourth-order valence-electron chi connectivity index (χ4n) is 5.40. The summed E-state index contributed by atoms with van der Waals surface area (Å²) in [7, 11) is 0. The molecule has 3 heterocycles. The lowest BCUT2D eigenvalue weighted by atomic mass is 9.90. The van der Waals surface area contributed by atoms with E-state index in [0.29, 0.717) is 10.7 Å². The summed E-state index contributed by atoms with van der Waals surface area (Å²) < 4.78 is 0.649. The molecule has 5 rings (SSSR count). The number of carboxylic acids is 1. The molecule has 0 saturated carbocycles. The van der Waals surface area contributed by atoms with Gasteiger partial charge < -0.3 is 10.2 Å². The number of aryl methyl sites for hydroxylation is 1. The van der Waals surface area contributed by atoms with Crippen molar-refractivity contribution in [2.75, 3.05) is 13.1 Å². The summed E-state index contributed by atoms with van der Waals surface area (Å²) in [4.78, 5) is 41.4. The first-order valence-corrected chi connectivity index (χ1v) is 13.3. The molecule has 0 bridgehead atoms. The Morgan fingerprint density at radius 2 is 2.06 bits per heavy atom. The van der Waals surface area contributed by atoms with Crippen molar-refractivity contribution in [3.63, 3.8) is 0 Å². The van der Waals surface area contributed by atoms with Crippen LogP contribution in [-0.2, 0) is 16.0 Å². The van der Waals surface area contributed by atoms with E-state index in [0.717, 1.165) is 49.9 Å². The molecule has 0 aromatic heterocycles. The van der Waals surface area contributed by atoms with Gasteiger partial charge in [0.25, 0.3) is 0 Å². The van der Waals surface area contributed by atoms with Crippen molar-refractivity contribution in [2.24, 2.45) is 5.92 Å². The normalized spacial score (nSPS) is 30.7. The minimum atomic E-state index is -1.10. The van der Waals surface area contributed by atoms with Crippen LogP contribution in [0.1, 0.15) is 48.5 Å². The largest absolute Gasteiger partial charge is 0.477 e. The van der Waals surface area contributed by atoms with Crippen LogP contribution in [0.2, 0.25) is 0 Å². The molecule has 1 aliphatic carbocycles. The van der Waals surface area contributed by atoms with Crippen LogP contribution in [0.25, 0.3) is 0 Å². The Balaban J connectivity index is 1.28. The van der Waals surface area contributed by atoms with E-state index in [1.807, 2.05) is 31.2 Å². The Hall–Kier alpha value is -1.81. The molecular formula is C24H28N2O5S2. The molecule has 1 aromatic carbocycles. The molecule has 9 heteroatoms. The molecule has 33 heavy (non-hydrogen) atoms. The molecule has 4 aliphatic rings. The van der Waals surface area contributed by atoms with Gasteiger partial charge in [-0.2, -0.15) is 0 Å². The number of aliphatic carboxylic acids is 1. The predicted molar refractivity (Wildman–Crippen MR) is 128 cm³/mol. The Labute approximate surface area is 201 Å². The molecule has 2 fully saturated rings. The summed E-state index contributed by atoms with van der Waals surface area (Å²) >= 11 is 2.91. The number of thioether (sulfide) groups is 2. The van der Waals surface area contributed by atoms with E-state index in [2.05, 4.69) is 4.90 Å². The lowest BCUT2D eigenvalue weighted by molar-refractivity contribution is -0.157. The molecule has 176 valence electrons. The Morgan fingerprint density at radius 3 is 2.82 bits per heavy atom. The minimum absolute atomic E-state index is 0.0532. The van der Waals surface area contributed by atoms with Crippen molar-refractivity contribution in [3.05, 3.63) is 45.3 Å². The lowest BCUT2D eigenvalue weighted by Gasteiger charge is -2.44. The highest BCUT2D eigenvalue weighted by Crippen LogP contribution is 2.55. The number of aliphatic hydroxyl groups is 1. The Bertz CT molecular complexity index is 1030. The summed E-state index contributed by atoms with van der Waals surface area (Å²) in [5.74, 6) is -1.75. The molecule has 2 N–H and O–H groups in total. The number of nitrogens with zero attached hydrogens (tertiary/aromatic N) is 2. The number of carbonyl (C=O) groups excluding carboxylic acids is 2. The van der Waals surface area contributed by atoms with E-state index in [9.17, 15) is 24.6 Å². The van der Waals surface area contributed by atoms with Crippen molar-refractivity contribution in [1.29, 1.82) is 0 Å². The van der Waals surface area contributed by atoms with Gasteiger partial charge in [-0.15, -0.1) is 11.8 Å². The van der Waals surface area contributed by atoms with E-state index in [4.69, 9.17) is 0 Å². The second kappa shape index (κ2) is 9.09. The molecule has 2 saturated heterocycles. The van der Waals surface area contributed by atoms with Crippen LogP contribution >= 0.6 is 23.5 Å². The molecule has 7 nitrogen and oxygen atoms in total. The molecule has 0 radical (unpaired) electrons. The van der Waals surface area contributed by atoms with Crippen LogP contribution in [0.15, 0.2) is 34.2 Å². The fraction of sp³-hybridized carbons (Fsp3) is 0.542. The highest BCUT2D eigenvalue weighted by atomic mass is 32.2. The van der Waals surface area contributed by atoms with Crippen molar-refractivity contribution >= 4 is 41.2 Å². The maximum atomic E-state index is 13.3. The van der Waals surface area contributed by atoms with Crippen LogP contribution in [0.5, 0.6) is 0 Å². The van der Waals surface area contributed by atoms with Crippen LogP contribution in [-0.4, -0.2) is 73.5 Å². The van der Waals surface area contributed by atoms with Crippen LogP contribution < -0.4 is 0 Å². The van der Waals surface area contributed by atoms with E-state index in [1.54, 1.807) is 0 Å². The first kappa shape index (κ1) is 23.0. The SMILES string of the molecule is CC[C@H](O)[C@@H]1C(=O)N2C(C(=O)O)=C(S[C@H]3CCN(C4CCCc5ccccc5C4=O)C3)S[C@H]12. The molecule has 1 aromatic rings. The summed E-state index contributed by atoms with van der Waals surface area (Å²) in [6, 6.07) is 7.75. The monoisotopic (exact) mass is 488 g/mol. The summed E-state index contributed by atoms with van der Waals surface area (Å²) in [6.07, 6.45) is 3.31. The molecule has 3 aliphatic heterocycles. The van der Waals surface area contributed by atoms with Crippen molar-refractivity contribution < 1.29 is 24.6 Å². The second-order valence-electron chi connectivity index (χ2n) is 9.11. The third-order valence-electron chi connectivity index (χ3n) is 7.18. The van der Waals surface area contributed by atoms with Crippen molar-refractivity contribution in [2.45, 2.75) is 61.8 Å². The number of ketones is 1. The Morgan fingerprint density at radius 1 is 1.27 bits per heavy atom. The summed E-state index contributed by atoms with van der Waals surface area (Å²) in [6.45, 7) is 3.35. The number of aliphatic hydroxyl groups excluding tert-OH is 1. The number of amides is 1. The maximum Gasteiger partial charge on any atom is 0.354 e. The van der Waals surface area contributed by atoms with Gasteiger partial charge in [-0.05, 0) is 37.7 Å². The zero-order chi connectivity index (χ0) is 23.3. The molecule has 1 unspecified atom stereocenters. The first-order chi connectivity index (χ1) is 15.9. The smallest absolute Gasteiger partial charge is 0.354 e. The van der Waals surface area contributed by atoms with Crippen LogP contribution in [0, 0.1) is 5.92 Å². The van der Waals surface area contributed by atoms with Gasteiger partial charge in [-0.1, -0.05) is 43.0 Å². The van der Waals surface area contributed by atoms with Gasteiger partial charge in [0.15, 0.2) is 11.5 Å². The fourth-order valence-corrected chi connectivity index (χ4v) is 8.70. The second-order valence-corrected chi connectivity index (χ2v) is 11.8. The van der Waals surface area contributed by atoms with Gasteiger partial charge in [-0.25, -0.2) is 4.79 Å². The predicted octanol–water partition coefficient (Wildman–Crippen LogP) is 2.94. The maximum absolute atomic E-state index is 13.3. The number of hydrogen-bond donors (Lipinski definition) is 2. The highest BCUT2D eigenvalue weighted by Gasteiger charge is 2.58. The number of rotatable bonds is 6. The third-order valence-corrected chi connectivity index (χ3v) is 10.0. The molecule has 0 spiro atoms. The van der Waals surface area contributed by atoms with Crippen molar-refractivity contribution in [3.8, 4) is 0 Å².